The molecule has 2 aromatic heterocycles. The van der Waals surface area contributed by atoms with Crippen molar-refractivity contribution in [2.75, 3.05) is 0 Å². The molecule has 1 atom stereocenters. The quantitative estimate of drug-likeness (QED) is 0.771. The molecule has 0 radical (unpaired) electrons. The first-order valence-corrected chi connectivity index (χ1v) is 5.82. The molecule has 1 aliphatic rings. The van der Waals surface area contributed by atoms with Gasteiger partial charge in [-0.3, -0.25) is 9.97 Å². The van der Waals surface area contributed by atoms with E-state index < -0.39 is 0 Å². The monoisotopic (exact) mass is 242 g/mol. The van der Waals surface area contributed by atoms with E-state index in [9.17, 15) is 0 Å². The molecule has 3 heterocycles. The smallest absolute Gasteiger partial charge is 0.208 e. The minimum Gasteiger partial charge on any atom is -0.261 e. The van der Waals surface area contributed by atoms with Gasteiger partial charge in [-0.1, -0.05) is 20.8 Å². The molecule has 1 aliphatic heterocycles. The van der Waals surface area contributed by atoms with Crippen LogP contribution in [0.5, 0.6) is 0 Å². The number of hydrogen-bond acceptors (Lipinski definition) is 5. The molecule has 2 aromatic rings. The molecule has 0 saturated carbocycles. The van der Waals surface area contributed by atoms with Crippen LogP contribution >= 0.6 is 0 Å². The summed E-state index contributed by atoms with van der Waals surface area (Å²) in [7, 11) is 0. The third-order valence-corrected chi connectivity index (χ3v) is 2.83. The lowest BCUT2D eigenvalue weighted by Crippen LogP contribution is -2.14. The number of aromatic nitrogens is 4. The Morgan fingerprint density at radius 3 is 2.72 bits per heavy atom. The first kappa shape index (κ1) is 11.0. The second-order valence-corrected chi connectivity index (χ2v) is 5.30. The number of azo groups is 1. The molecule has 18 heavy (non-hydrogen) atoms. The van der Waals surface area contributed by atoms with E-state index in [4.69, 9.17) is 0 Å². The summed E-state index contributed by atoms with van der Waals surface area (Å²) in [4.78, 5) is 8.31. The molecule has 1 unspecified atom stereocenters. The Hall–Kier alpha value is -2.11. The average molecular weight is 242 g/mol. The fraction of sp³-hybridized carbons (Fsp3) is 0.417. The molecule has 0 saturated heterocycles. The molecule has 92 valence electrons. The number of nitrogens with zero attached hydrogens (tertiary/aromatic N) is 6. The van der Waals surface area contributed by atoms with Gasteiger partial charge in [0.2, 0.25) is 6.17 Å². The SMILES string of the molecule is CC(C)(C)c1cc2n(n1)C(c1cnccn1)N=N2. The first-order valence-electron chi connectivity index (χ1n) is 5.82. The predicted octanol–water partition coefficient (Wildman–Crippen LogP) is 2.61. The maximum absolute atomic E-state index is 4.58. The highest BCUT2D eigenvalue weighted by Gasteiger charge is 2.28. The summed E-state index contributed by atoms with van der Waals surface area (Å²) in [6.07, 6.45) is 4.69. The van der Waals surface area contributed by atoms with Gasteiger partial charge in [0, 0.05) is 23.9 Å². The zero-order valence-corrected chi connectivity index (χ0v) is 10.6. The Morgan fingerprint density at radius 2 is 2.06 bits per heavy atom. The molecule has 0 spiro atoms. The summed E-state index contributed by atoms with van der Waals surface area (Å²) in [5.41, 5.74) is 1.76. The molecule has 0 aromatic carbocycles. The molecule has 0 aliphatic carbocycles. The molecule has 6 nitrogen and oxygen atoms in total. The van der Waals surface area contributed by atoms with E-state index in [1.165, 1.54) is 0 Å². The zero-order valence-electron chi connectivity index (χ0n) is 10.6. The van der Waals surface area contributed by atoms with Crippen LogP contribution in [0.1, 0.15) is 38.3 Å². The van der Waals surface area contributed by atoms with Crippen molar-refractivity contribution in [2.45, 2.75) is 32.4 Å². The summed E-state index contributed by atoms with van der Waals surface area (Å²) >= 11 is 0. The van der Waals surface area contributed by atoms with Gasteiger partial charge in [0.1, 0.15) is 5.69 Å². The Morgan fingerprint density at radius 1 is 1.22 bits per heavy atom. The van der Waals surface area contributed by atoms with Crippen LogP contribution in [-0.2, 0) is 5.41 Å². The minimum absolute atomic E-state index is 0.000222. The van der Waals surface area contributed by atoms with E-state index in [2.05, 4.69) is 46.1 Å². The summed E-state index contributed by atoms with van der Waals surface area (Å²) in [5.74, 6) is 0.774. The van der Waals surface area contributed by atoms with E-state index >= 15 is 0 Å². The third-order valence-electron chi connectivity index (χ3n) is 2.83. The van der Waals surface area contributed by atoms with Gasteiger partial charge in [-0.15, -0.1) is 5.11 Å². The van der Waals surface area contributed by atoms with Gasteiger partial charge < -0.3 is 0 Å². The van der Waals surface area contributed by atoms with Gasteiger partial charge in [-0.25, -0.2) is 4.68 Å². The van der Waals surface area contributed by atoms with Gasteiger partial charge in [0.15, 0.2) is 5.82 Å². The Balaban J connectivity index is 2.03. The highest BCUT2D eigenvalue weighted by Crippen LogP contribution is 2.34. The van der Waals surface area contributed by atoms with Crippen molar-refractivity contribution in [1.29, 1.82) is 0 Å². The van der Waals surface area contributed by atoms with Crippen LogP contribution in [0.25, 0.3) is 0 Å². The number of fused-ring (bicyclic) bond motifs is 1. The van der Waals surface area contributed by atoms with Crippen LogP contribution < -0.4 is 0 Å². The summed E-state index contributed by atoms with van der Waals surface area (Å²) in [6, 6.07) is 1.97. The topological polar surface area (TPSA) is 68.3 Å². The van der Waals surface area contributed by atoms with Gasteiger partial charge in [-0.05, 0) is 0 Å². The lowest BCUT2D eigenvalue weighted by Gasteiger charge is -2.14. The fourth-order valence-corrected chi connectivity index (χ4v) is 1.80. The van der Waals surface area contributed by atoms with E-state index in [1.807, 2.05) is 6.07 Å². The van der Waals surface area contributed by atoms with Gasteiger partial charge >= 0.3 is 0 Å². The van der Waals surface area contributed by atoms with Crippen LogP contribution in [0.3, 0.4) is 0 Å². The number of rotatable bonds is 1. The Kier molecular flexibility index (Phi) is 2.26. The van der Waals surface area contributed by atoms with E-state index in [-0.39, 0.29) is 11.6 Å². The average Bonchev–Trinajstić information content (AvgIpc) is 2.88. The Bertz CT molecular complexity index is 593. The normalized spacial score (nSPS) is 18.1. The molecular weight excluding hydrogens is 228 g/mol. The van der Waals surface area contributed by atoms with Crippen molar-refractivity contribution in [1.82, 2.24) is 19.7 Å². The maximum atomic E-state index is 4.58. The maximum Gasteiger partial charge on any atom is 0.208 e. The third kappa shape index (κ3) is 1.70. The first-order chi connectivity index (χ1) is 8.55. The predicted molar refractivity (Wildman–Crippen MR) is 65.6 cm³/mol. The van der Waals surface area contributed by atoms with Crippen LogP contribution in [0.15, 0.2) is 34.9 Å². The largest absolute Gasteiger partial charge is 0.261 e. The van der Waals surface area contributed by atoms with Gasteiger partial charge in [0.25, 0.3) is 0 Å². The minimum atomic E-state index is -0.287. The van der Waals surface area contributed by atoms with Gasteiger partial charge in [-0.2, -0.15) is 10.2 Å². The van der Waals surface area contributed by atoms with Crippen LogP contribution in [0.4, 0.5) is 5.82 Å². The molecule has 6 heteroatoms. The van der Waals surface area contributed by atoms with Crippen molar-refractivity contribution in [3.05, 3.63) is 36.0 Å². The molecule has 3 rings (SSSR count). The van der Waals surface area contributed by atoms with Crippen molar-refractivity contribution >= 4 is 5.82 Å². The molecule has 0 amide bonds. The van der Waals surface area contributed by atoms with E-state index in [0.717, 1.165) is 17.2 Å². The summed E-state index contributed by atoms with van der Waals surface area (Å²) < 4.78 is 1.80. The molecule has 0 bridgehead atoms. The zero-order chi connectivity index (χ0) is 12.8. The number of hydrogen-bond donors (Lipinski definition) is 0. The van der Waals surface area contributed by atoms with Crippen LogP contribution in [-0.4, -0.2) is 19.7 Å². The molecule has 0 N–H and O–H groups in total. The lowest BCUT2D eigenvalue weighted by atomic mass is 9.92. The second kappa shape index (κ2) is 3.69. The molecule has 0 fully saturated rings. The summed E-state index contributed by atoms with van der Waals surface area (Å²) in [5, 5.41) is 12.9. The summed E-state index contributed by atoms with van der Waals surface area (Å²) in [6.45, 7) is 6.37. The van der Waals surface area contributed by atoms with Crippen molar-refractivity contribution in [3.63, 3.8) is 0 Å². The highest BCUT2D eigenvalue weighted by atomic mass is 15.5. The van der Waals surface area contributed by atoms with Crippen molar-refractivity contribution in [2.24, 2.45) is 10.2 Å². The van der Waals surface area contributed by atoms with E-state index in [0.29, 0.717) is 0 Å². The standard InChI is InChI=1S/C12H14N6/c1-12(2,3)9-6-10-15-16-11(18(10)17-9)8-7-13-4-5-14-8/h4-7,11H,1-3H3. The molecular formula is C12H14N6. The van der Waals surface area contributed by atoms with Crippen LogP contribution in [0, 0.1) is 0 Å². The lowest BCUT2D eigenvalue weighted by molar-refractivity contribution is 0.507. The van der Waals surface area contributed by atoms with Crippen molar-refractivity contribution in [3.8, 4) is 0 Å². The van der Waals surface area contributed by atoms with E-state index in [1.54, 1.807) is 23.3 Å². The highest BCUT2D eigenvalue weighted by molar-refractivity contribution is 5.36. The van der Waals surface area contributed by atoms with Gasteiger partial charge in [0.05, 0.1) is 11.9 Å². The van der Waals surface area contributed by atoms with Crippen molar-refractivity contribution < 1.29 is 0 Å². The second-order valence-electron chi connectivity index (χ2n) is 5.30. The van der Waals surface area contributed by atoms with Crippen LogP contribution in [0.2, 0.25) is 0 Å². The fourth-order valence-electron chi connectivity index (χ4n) is 1.80. The Labute approximate surface area is 105 Å².